The molecule has 1 aromatic heterocycles. The molecule has 1 unspecified atom stereocenters. The molecule has 0 spiro atoms. The second-order valence-corrected chi connectivity index (χ2v) is 9.60. The molecule has 1 aromatic rings. The summed E-state index contributed by atoms with van der Waals surface area (Å²) in [5.41, 5.74) is 5.40. The number of ether oxygens (including phenoxy) is 1. The zero-order chi connectivity index (χ0) is 26.6. The van der Waals surface area contributed by atoms with Gasteiger partial charge in [-0.2, -0.15) is 13.2 Å². The number of likely N-dealkylation sites (tertiary alicyclic amines) is 1. The number of carboxylic acids is 1. The van der Waals surface area contributed by atoms with Crippen molar-refractivity contribution in [2.45, 2.75) is 50.8 Å². The molecular formula is C27H30F3N3O4. The minimum atomic E-state index is -4.64. The molecule has 0 aromatic carbocycles. The highest BCUT2D eigenvalue weighted by atomic mass is 19.4. The third-order valence-electron chi connectivity index (χ3n) is 6.94. The molecule has 4 rings (SSSR count). The Kier molecular flexibility index (Phi) is 8.32. The molecule has 1 atom stereocenters. The minimum Gasteiger partial charge on any atom is -0.481 e. The topological polar surface area (TPSA) is 91.8 Å². The molecule has 10 heteroatoms. The van der Waals surface area contributed by atoms with Crippen molar-refractivity contribution in [1.82, 2.24) is 15.2 Å². The molecule has 198 valence electrons. The molecule has 1 fully saturated rings. The molecule has 37 heavy (non-hydrogen) atoms. The van der Waals surface area contributed by atoms with Crippen LogP contribution in [-0.4, -0.2) is 59.7 Å². The van der Waals surface area contributed by atoms with Gasteiger partial charge in [0.25, 0.3) is 5.91 Å². The van der Waals surface area contributed by atoms with Gasteiger partial charge in [0.15, 0.2) is 0 Å². The monoisotopic (exact) mass is 517 g/mol. The minimum absolute atomic E-state index is 0.247. The number of hydrogen-bond acceptors (Lipinski definition) is 5. The van der Waals surface area contributed by atoms with E-state index in [9.17, 15) is 22.8 Å². The highest BCUT2D eigenvalue weighted by Crippen LogP contribution is 2.34. The predicted molar refractivity (Wildman–Crippen MR) is 129 cm³/mol. The number of alkyl halides is 3. The highest BCUT2D eigenvalue weighted by Gasteiger charge is 2.33. The van der Waals surface area contributed by atoms with E-state index in [0.29, 0.717) is 12.1 Å². The molecule has 2 N–H and O–H groups in total. The predicted octanol–water partition coefficient (Wildman–Crippen LogP) is 4.49. The van der Waals surface area contributed by atoms with Crippen molar-refractivity contribution >= 4 is 11.9 Å². The van der Waals surface area contributed by atoms with Gasteiger partial charge in [0, 0.05) is 31.2 Å². The quantitative estimate of drug-likeness (QED) is 0.469. The number of carbonyl (C=O) groups excluding carboxylic acids is 1. The lowest BCUT2D eigenvalue weighted by Crippen LogP contribution is -2.35. The average molecular weight is 518 g/mol. The number of rotatable bonds is 9. The first kappa shape index (κ1) is 26.9. The summed E-state index contributed by atoms with van der Waals surface area (Å²) in [5.74, 6) is -1.19. The number of methoxy groups -OCH3 is 1. The number of amides is 1. The summed E-state index contributed by atoms with van der Waals surface area (Å²) < 4.78 is 44.5. The molecular weight excluding hydrogens is 487 g/mol. The molecule has 1 aliphatic heterocycles. The third kappa shape index (κ3) is 6.97. The molecule has 0 bridgehead atoms. The lowest BCUT2D eigenvalue weighted by molar-refractivity contribution is -0.141. The zero-order valence-electron chi connectivity index (χ0n) is 20.6. The van der Waals surface area contributed by atoms with Crippen molar-refractivity contribution < 1.29 is 32.6 Å². The summed E-state index contributed by atoms with van der Waals surface area (Å²) in [6.45, 7) is 2.77. The number of aromatic nitrogens is 1. The molecule has 2 aliphatic carbocycles. The van der Waals surface area contributed by atoms with Crippen molar-refractivity contribution in [2.75, 3.05) is 26.7 Å². The number of piperidine rings is 1. The lowest BCUT2D eigenvalue weighted by Gasteiger charge is -2.31. The first-order valence-corrected chi connectivity index (χ1v) is 12.4. The molecule has 2 heterocycles. The fourth-order valence-electron chi connectivity index (χ4n) is 4.96. The second kappa shape index (κ2) is 11.5. The van der Waals surface area contributed by atoms with Gasteiger partial charge in [-0.05, 0) is 86.7 Å². The summed E-state index contributed by atoms with van der Waals surface area (Å²) >= 11 is 0. The van der Waals surface area contributed by atoms with Crippen molar-refractivity contribution in [1.29, 1.82) is 0 Å². The van der Waals surface area contributed by atoms with E-state index in [4.69, 9.17) is 9.84 Å². The lowest BCUT2D eigenvalue weighted by atomic mass is 9.93. The van der Waals surface area contributed by atoms with Crippen molar-refractivity contribution in [3.8, 4) is 0 Å². The molecule has 1 amide bonds. The van der Waals surface area contributed by atoms with E-state index >= 15 is 0 Å². The van der Waals surface area contributed by atoms with Gasteiger partial charge in [-0.3, -0.25) is 9.59 Å². The Hall–Kier alpha value is -3.20. The number of aliphatic carboxylic acids is 1. The fourth-order valence-corrected chi connectivity index (χ4v) is 4.96. The number of hydrogen-bond donors (Lipinski definition) is 2. The van der Waals surface area contributed by atoms with Crippen LogP contribution in [0.15, 0.2) is 58.5 Å². The van der Waals surface area contributed by atoms with Crippen LogP contribution < -0.4 is 5.32 Å². The number of fused-ring (bicyclic) bond motifs is 1. The van der Waals surface area contributed by atoms with E-state index < -0.39 is 29.9 Å². The summed E-state index contributed by atoms with van der Waals surface area (Å²) in [7, 11) is 1.52. The third-order valence-corrected chi connectivity index (χ3v) is 6.94. The van der Waals surface area contributed by atoms with Crippen LogP contribution in [0.1, 0.15) is 54.7 Å². The number of carboxylic acid groups (broad SMARTS) is 1. The zero-order valence-corrected chi connectivity index (χ0v) is 20.6. The maximum Gasteiger partial charge on any atom is 0.433 e. The van der Waals surface area contributed by atoms with Gasteiger partial charge < -0.3 is 20.1 Å². The largest absolute Gasteiger partial charge is 0.481 e. The number of nitrogens with zero attached hydrogens (tertiary/aromatic N) is 2. The first-order valence-electron chi connectivity index (χ1n) is 12.4. The van der Waals surface area contributed by atoms with E-state index in [2.05, 4.69) is 20.9 Å². The Morgan fingerprint density at radius 2 is 2.00 bits per heavy atom. The van der Waals surface area contributed by atoms with Crippen molar-refractivity contribution in [2.24, 2.45) is 5.92 Å². The van der Waals surface area contributed by atoms with Crippen LogP contribution in [0, 0.1) is 5.92 Å². The number of pyridine rings is 1. The summed E-state index contributed by atoms with van der Waals surface area (Å²) in [4.78, 5) is 29.4. The highest BCUT2D eigenvalue weighted by molar-refractivity contribution is 5.93. The maximum absolute atomic E-state index is 13.0. The fraction of sp³-hybridized carbons (Fsp3) is 0.481. The van der Waals surface area contributed by atoms with Crippen molar-refractivity contribution in [3.05, 3.63) is 69.9 Å². The van der Waals surface area contributed by atoms with E-state index in [0.717, 1.165) is 74.2 Å². The van der Waals surface area contributed by atoms with Gasteiger partial charge in [0.05, 0.1) is 0 Å². The van der Waals surface area contributed by atoms with E-state index in [1.807, 2.05) is 6.08 Å². The van der Waals surface area contributed by atoms with Gasteiger partial charge in [-0.1, -0.05) is 6.07 Å². The van der Waals surface area contributed by atoms with Crippen LogP contribution in [0.5, 0.6) is 0 Å². The molecule has 3 aliphatic rings. The number of halogens is 3. The number of carbonyl (C=O) groups is 2. The van der Waals surface area contributed by atoms with Crippen LogP contribution in [0.25, 0.3) is 0 Å². The van der Waals surface area contributed by atoms with Gasteiger partial charge in [-0.25, -0.2) is 4.98 Å². The van der Waals surface area contributed by atoms with Crippen LogP contribution in [0.2, 0.25) is 0 Å². The molecule has 0 saturated carbocycles. The normalized spacial score (nSPS) is 20.5. The summed E-state index contributed by atoms with van der Waals surface area (Å²) in [6.07, 6.45) is 3.06. The van der Waals surface area contributed by atoms with Gasteiger partial charge in [-0.15, -0.1) is 5.73 Å². The molecule has 0 radical (unpaired) electrons. The van der Waals surface area contributed by atoms with Crippen LogP contribution in [0.3, 0.4) is 0 Å². The first-order chi connectivity index (χ1) is 17.6. The van der Waals surface area contributed by atoms with Gasteiger partial charge in [0.1, 0.15) is 17.5 Å². The van der Waals surface area contributed by atoms with Gasteiger partial charge >= 0.3 is 12.1 Å². The molecule has 7 nitrogen and oxygen atoms in total. The number of nitrogens with one attached hydrogen (secondary N) is 1. The van der Waals surface area contributed by atoms with Crippen LogP contribution in [0.4, 0.5) is 13.2 Å². The van der Waals surface area contributed by atoms with Gasteiger partial charge in [0.2, 0.25) is 0 Å². The Morgan fingerprint density at radius 3 is 2.68 bits per heavy atom. The summed E-state index contributed by atoms with van der Waals surface area (Å²) in [5, 5.41) is 11.6. The average Bonchev–Trinajstić information content (AvgIpc) is 3.25. The van der Waals surface area contributed by atoms with E-state index in [1.165, 1.54) is 13.2 Å². The Morgan fingerprint density at radius 1 is 1.24 bits per heavy atom. The molecule has 1 saturated heterocycles. The van der Waals surface area contributed by atoms with Crippen LogP contribution in [-0.2, 0) is 15.7 Å². The Bertz CT molecular complexity index is 1170. The Balaban J connectivity index is 1.34. The summed E-state index contributed by atoms with van der Waals surface area (Å²) in [6, 6.07) is 3.22. The van der Waals surface area contributed by atoms with Crippen LogP contribution >= 0.6 is 0 Å². The van der Waals surface area contributed by atoms with Crippen molar-refractivity contribution in [3.63, 3.8) is 0 Å². The standard InChI is InChI=1S/C27H30F3N3O4/c1-37-23-16-20-13-18(4-3-9-33-10-7-17(8-11-33)14-25(34)35)12-19(20)15-22(23)32-26(36)21-5-2-6-24(31-21)27(28,29)30/h2,5-6,12,15,17,23H,3-4,7-11,14,16H2,1H3,(H,32,36)(H,34,35). The Labute approximate surface area is 213 Å². The smallest absolute Gasteiger partial charge is 0.433 e. The van der Waals surface area contributed by atoms with E-state index in [-0.39, 0.29) is 18.0 Å². The maximum atomic E-state index is 13.0. The SMILES string of the molecule is COC1CC2=C=C(CCCN3CCC(CC(=O)O)CC3)C=C2C=C1NC(=O)c1cccc(C(F)(F)F)n1. The second-order valence-electron chi connectivity index (χ2n) is 9.60. The number of allylic oxidation sites excluding steroid dienone is 3. The van der Waals surface area contributed by atoms with E-state index in [1.54, 1.807) is 6.08 Å².